The van der Waals surface area contributed by atoms with Gasteiger partial charge < -0.3 is 0 Å². The summed E-state index contributed by atoms with van der Waals surface area (Å²) in [5.74, 6) is 0.296. The van der Waals surface area contributed by atoms with Crippen molar-refractivity contribution in [3.8, 4) is 0 Å². The fourth-order valence-corrected chi connectivity index (χ4v) is 1.49. The van der Waals surface area contributed by atoms with Gasteiger partial charge in [-0.2, -0.15) is 0 Å². The molecule has 0 aliphatic carbocycles. The summed E-state index contributed by atoms with van der Waals surface area (Å²) in [6.45, 7) is 12.9. The molecule has 2 heteroatoms. The van der Waals surface area contributed by atoms with Crippen molar-refractivity contribution < 1.29 is 4.79 Å². The number of hydrogen-bond acceptors (Lipinski definition) is 2. The third-order valence-electron chi connectivity index (χ3n) is 2.67. The highest BCUT2D eigenvalue weighted by atomic mass is 16.1. The van der Waals surface area contributed by atoms with Crippen molar-refractivity contribution in [1.29, 1.82) is 0 Å². The molecule has 0 rings (SSSR count). The number of carbonyl (C=O) groups excluding carboxylic acids is 1. The minimum atomic E-state index is -0.354. The number of nitrogens with zero attached hydrogens (tertiary/aromatic N) is 1. The Morgan fingerprint density at radius 1 is 1.15 bits per heavy atom. The van der Waals surface area contributed by atoms with Gasteiger partial charge >= 0.3 is 0 Å². The van der Waals surface area contributed by atoms with Crippen LogP contribution in [0.1, 0.15) is 41.5 Å². The van der Waals surface area contributed by atoms with E-state index in [2.05, 4.69) is 11.8 Å². The Labute approximate surface area is 82.3 Å². The second-order valence-corrected chi connectivity index (χ2v) is 5.15. The second kappa shape index (κ2) is 3.79. The maximum atomic E-state index is 12.0. The Kier molecular flexibility index (Phi) is 3.68. The number of Topliss-reactive ketones (excluding diaryl/α,β-unsaturated/α-hetero) is 1. The molecule has 0 radical (unpaired) electrons. The first-order chi connectivity index (χ1) is 5.64. The Hall–Kier alpha value is -0.370. The van der Waals surface area contributed by atoms with Crippen LogP contribution in [0, 0.1) is 5.41 Å². The summed E-state index contributed by atoms with van der Waals surface area (Å²) < 4.78 is 0. The van der Waals surface area contributed by atoms with E-state index in [1.807, 2.05) is 41.7 Å². The largest absolute Gasteiger partial charge is 0.297 e. The Morgan fingerprint density at radius 3 is 1.77 bits per heavy atom. The van der Waals surface area contributed by atoms with E-state index in [1.54, 1.807) is 0 Å². The van der Waals surface area contributed by atoms with Crippen LogP contribution < -0.4 is 0 Å². The minimum Gasteiger partial charge on any atom is -0.297 e. The molecule has 0 aliphatic heterocycles. The third kappa shape index (κ3) is 2.80. The summed E-state index contributed by atoms with van der Waals surface area (Å²) in [4.78, 5) is 14.1. The molecule has 78 valence electrons. The van der Waals surface area contributed by atoms with Crippen LogP contribution in [0.3, 0.4) is 0 Å². The van der Waals surface area contributed by atoms with Crippen LogP contribution in [0.2, 0.25) is 0 Å². The van der Waals surface area contributed by atoms with Crippen molar-refractivity contribution in [1.82, 2.24) is 4.90 Å². The molecule has 0 bridgehead atoms. The molecule has 13 heavy (non-hydrogen) atoms. The fourth-order valence-electron chi connectivity index (χ4n) is 1.49. The van der Waals surface area contributed by atoms with Crippen LogP contribution in [0.4, 0.5) is 0 Å². The molecule has 0 aromatic heterocycles. The van der Waals surface area contributed by atoms with Crippen molar-refractivity contribution in [3.63, 3.8) is 0 Å². The molecule has 0 atom stereocenters. The zero-order valence-corrected chi connectivity index (χ0v) is 10.1. The predicted octanol–water partition coefficient (Wildman–Crippen LogP) is 2.33. The third-order valence-corrected chi connectivity index (χ3v) is 2.67. The average Bonchev–Trinajstić information content (AvgIpc) is 1.99. The zero-order chi connectivity index (χ0) is 10.9. The molecule has 0 aromatic rings. The second-order valence-electron chi connectivity index (χ2n) is 5.15. The molecule has 0 heterocycles. The van der Waals surface area contributed by atoms with Gasteiger partial charge in [0.1, 0.15) is 0 Å². The van der Waals surface area contributed by atoms with Crippen LogP contribution in [0.5, 0.6) is 0 Å². The standard InChI is InChI=1S/C11H23NO/c1-8-12(7)11(5,6)9(13)10(2,3)4/h8H2,1-7H3. The molecular weight excluding hydrogens is 162 g/mol. The van der Waals surface area contributed by atoms with E-state index < -0.39 is 0 Å². The van der Waals surface area contributed by atoms with E-state index in [0.29, 0.717) is 5.78 Å². The maximum absolute atomic E-state index is 12.0. The quantitative estimate of drug-likeness (QED) is 0.672. The summed E-state index contributed by atoms with van der Waals surface area (Å²) in [6, 6.07) is 0. The van der Waals surface area contributed by atoms with Gasteiger partial charge in [0.25, 0.3) is 0 Å². The first kappa shape index (κ1) is 12.6. The summed E-state index contributed by atoms with van der Waals surface area (Å²) >= 11 is 0. The van der Waals surface area contributed by atoms with Gasteiger partial charge in [-0.05, 0) is 27.4 Å². The molecule has 2 nitrogen and oxygen atoms in total. The van der Waals surface area contributed by atoms with Crippen molar-refractivity contribution in [2.45, 2.75) is 47.1 Å². The van der Waals surface area contributed by atoms with E-state index in [1.165, 1.54) is 0 Å². The Balaban J connectivity index is 4.74. The zero-order valence-electron chi connectivity index (χ0n) is 10.1. The number of hydrogen-bond donors (Lipinski definition) is 0. The highest BCUT2D eigenvalue weighted by Gasteiger charge is 2.38. The summed E-state index contributed by atoms with van der Waals surface area (Å²) in [5, 5.41) is 0. The van der Waals surface area contributed by atoms with Crippen molar-refractivity contribution in [3.05, 3.63) is 0 Å². The summed E-state index contributed by atoms with van der Waals surface area (Å²) in [7, 11) is 1.99. The molecule has 0 aliphatic rings. The number of ketones is 1. The molecule has 0 N–H and O–H groups in total. The molecule has 0 aromatic carbocycles. The van der Waals surface area contributed by atoms with Crippen molar-refractivity contribution in [2.75, 3.05) is 13.6 Å². The van der Waals surface area contributed by atoms with Gasteiger partial charge in [-0.15, -0.1) is 0 Å². The van der Waals surface area contributed by atoms with E-state index in [9.17, 15) is 4.79 Å². The lowest BCUT2D eigenvalue weighted by molar-refractivity contribution is -0.136. The molecule has 0 fully saturated rings. The van der Waals surface area contributed by atoms with Gasteiger partial charge in [-0.25, -0.2) is 0 Å². The van der Waals surface area contributed by atoms with Gasteiger partial charge in [-0.3, -0.25) is 9.69 Å². The fraction of sp³-hybridized carbons (Fsp3) is 0.909. The van der Waals surface area contributed by atoms with Gasteiger partial charge in [0.15, 0.2) is 5.78 Å². The number of likely N-dealkylation sites (N-methyl/N-ethyl adjacent to an activating group) is 1. The van der Waals surface area contributed by atoms with Gasteiger partial charge in [-0.1, -0.05) is 27.7 Å². The maximum Gasteiger partial charge on any atom is 0.157 e. The van der Waals surface area contributed by atoms with Crippen LogP contribution in [-0.2, 0) is 4.79 Å². The lowest BCUT2D eigenvalue weighted by Crippen LogP contribution is -2.52. The smallest absolute Gasteiger partial charge is 0.157 e. The normalized spacial score (nSPS) is 13.5. The Bertz CT molecular complexity index is 189. The lowest BCUT2D eigenvalue weighted by atomic mass is 9.79. The minimum absolute atomic E-state index is 0.257. The highest BCUT2D eigenvalue weighted by Crippen LogP contribution is 2.26. The van der Waals surface area contributed by atoms with Crippen molar-refractivity contribution in [2.24, 2.45) is 5.41 Å². The Morgan fingerprint density at radius 2 is 1.54 bits per heavy atom. The SMILES string of the molecule is CCN(C)C(C)(C)C(=O)C(C)(C)C. The van der Waals surface area contributed by atoms with E-state index in [-0.39, 0.29) is 11.0 Å². The molecule has 0 unspecified atom stereocenters. The predicted molar refractivity (Wildman–Crippen MR) is 56.8 cm³/mol. The molecular formula is C11H23NO. The van der Waals surface area contributed by atoms with E-state index >= 15 is 0 Å². The molecule has 0 saturated carbocycles. The topological polar surface area (TPSA) is 20.3 Å². The first-order valence-electron chi connectivity index (χ1n) is 4.90. The van der Waals surface area contributed by atoms with E-state index in [4.69, 9.17) is 0 Å². The molecule has 0 saturated heterocycles. The highest BCUT2D eigenvalue weighted by molar-refractivity contribution is 5.91. The lowest BCUT2D eigenvalue weighted by Gasteiger charge is -2.37. The number of carbonyl (C=O) groups is 1. The van der Waals surface area contributed by atoms with Crippen molar-refractivity contribution >= 4 is 5.78 Å². The molecule has 0 amide bonds. The van der Waals surface area contributed by atoms with Crippen LogP contribution in [0.25, 0.3) is 0 Å². The first-order valence-corrected chi connectivity index (χ1v) is 4.90. The molecule has 0 spiro atoms. The average molecular weight is 185 g/mol. The number of rotatable bonds is 3. The van der Waals surface area contributed by atoms with E-state index in [0.717, 1.165) is 6.54 Å². The van der Waals surface area contributed by atoms with Gasteiger partial charge in [0.05, 0.1) is 5.54 Å². The summed E-state index contributed by atoms with van der Waals surface area (Å²) in [6.07, 6.45) is 0. The van der Waals surface area contributed by atoms with Crippen LogP contribution in [-0.4, -0.2) is 29.8 Å². The van der Waals surface area contributed by atoms with Gasteiger partial charge in [0.2, 0.25) is 0 Å². The van der Waals surface area contributed by atoms with Crippen LogP contribution in [0.15, 0.2) is 0 Å². The summed E-state index contributed by atoms with van der Waals surface area (Å²) in [5.41, 5.74) is -0.611. The van der Waals surface area contributed by atoms with Gasteiger partial charge in [0, 0.05) is 5.41 Å². The van der Waals surface area contributed by atoms with Crippen LogP contribution >= 0.6 is 0 Å². The monoisotopic (exact) mass is 185 g/mol.